The molecule has 2 heterocycles. The van der Waals surface area contributed by atoms with Gasteiger partial charge >= 0.3 is 0 Å². The van der Waals surface area contributed by atoms with Gasteiger partial charge < -0.3 is 0 Å². The van der Waals surface area contributed by atoms with E-state index in [1.807, 2.05) is 24.8 Å². The van der Waals surface area contributed by atoms with Gasteiger partial charge in [0.15, 0.2) is 0 Å². The first kappa shape index (κ1) is 22.0. The summed E-state index contributed by atoms with van der Waals surface area (Å²) in [4.78, 5) is 8.84. The summed E-state index contributed by atoms with van der Waals surface area (Å²) < 4.78 is 0. The zero-order chi connectivity index (χ0) is 22.8. The van der Waals surface area contributed by atoms with Gasteiger partial charge in [0.05, 0.1) is 0 Å². The molecule has 0 N–H and O–H groups in total. The number of pyridine rings is 2. The second-order valence-electron chi connectivity index (χ2n) is 9.27. The minimum absolute atomic E-state index is 0.441. The molecule has 0 amide bonds. The first-order valence-electron chi connectivity index (χ1n) is 11.5. The summed E-state index contributed by atoms with van der Waals surface area (Å²) >= 11 is 0. The van der Waals surface area contributed by atoms with Crippen LogP contribution in [-0.4, -0.2) is 9.97 Å². The standard InChI is InChI=1S/C30H32N2/c1-19(2)27-8-7-9-28(21(27)5)26-14-25(17-32-18-26)24-15-29(20(3)4)22(6)30(16-24)23-10-12-31-13-11-23/h7-20H,1-6H3. The first-order valence-corrected chi connectivity index (χ1v) is 11.5. The zero-order valence-corrected chi connectivity index (χ0v) is 20.0. The van der Waals surface area contributed by atoms with Crippen LogP contribution in [0.5, 0.6) is 0 Å². The van der Waals surface area contributed by atoms with Crippen molar-refractivity contribution < 1.29 is 0 Å². The topological polar surface area (TPSA) is 25.8 Å². The predicted molar refractivity (Wildman–Crippen MR) is 136 cm³/mol. The fourth-order valence-electron chi connectivity index (χ4n) is 4.67. The highest BCUT2D eigenvalue weighted by Crippen LogP contribution is 2.36. The van der Waals surface area contributed by atoms with E-state index < -0.39 is 0 Å². The Kier molecular flexibility index (Phi) is 6.23. The number of nitrogens with zero attached hydrogens (tertiary/aromatic N) is 2. The number of hydrogen-bond donors (Lipinski definition) is 0. The van der Waals surface area contributed by atoms with Crippen molar-refractivity contribution in [2.75, 3.05) is 0 Å². The highest BCUT2D eigenvalue weighted by atomic mass is 14.6. The zero-order valence-electron chi connectivity index (χ0n) is 20.0. The molecular weight excluding hydrogens is 388 g/mol. The third kappa shape index (κ3) is 4.23. The molecule has 4 aromatic rings. The quantitative estimate of drug-likeness (QED) is 0.324. The van der Waals surface area contributed by atoms with E-state index in [1.165, 1.54) is 50.1 Å². The van der Waals surface area contributed by atoms with Crippen molar-refractivity contribution in [1.82, 2.24) is 9.97 Å². The molecule has 2 aromatic carbocycles. The van der Waals surface area contributed by atoms with Crippen LogP contribution in [-0.2, 0) is 0 Å². The average molecular weight is 421 g/mol. The Hall–Kier alpha value is -3.26. The summed E-state index contributed by atoms with van der Waals surface area (Å²) in [5.41, 5.74) is 12.7. The van der Waals surface area contributed by atoms with Crippen LogP contribution in [0.1, 0.15) is 61.8 Å². The molecule has 0 saturated heterocycles. The van der Waals surface area contributed by atoms with Crippen LogP contribution in [0, 0.1) is 13.8 Å². The summed E-state index contributed by atoms with van der Waals surface area (Å²) in [5, 5.41) is 0. The number of rotatable bonds is 5. The molecule has 0 aliphatic carbocycles. The Balaban J connectivity index is 1.87. The van der Waals surface area contributed by atoms with Crippen molar-refractivity contribution in [3.05, 3.63) is 95.6 Å². The smallest absolute Gasteiger partial charge is 0.0346 e. The van der Waals surface area contributed by atoms with Crippen LogP contribution in [0.2, 0.25) is 0 Å². The molecule has 0 fully saturated rings. The first-order chi connectivity index (χ1) is 15.4. The van der Waals surface area contributed by atoms with E-state index in [-0.39, 0.29) is 0 Å². The van der Waals surface area contributed by atoms with Crippen molar-refractivity contribution in [3.63, 3.8) is 0 Å². The maximum atomic E-state index is 4.64. The molecule has 0 radical (unpaired) electrons. The summed E-state index contributed by atoms with van der Waals surface area (Å²) in [5.74, 6) is 0.941. The van der Waals surface area contributed by atoms with Crippen molar-refractivity contribution in [1.29, 1.82) is 0 Å². The van der Waals surface area contributed by atoms with Crippen LogP contribution in [0.3, 0.4) is 0 Å². The lowest BCUT2D eigenvalue weighted by molar-refractivity contribution is 0.857. The van der Waals surface area contributed by atoms with Crippen LogP contribution in [0.4, 0.5) is 0 Å². The molecule has 32 heavy (non-hydrogen) atoms. The van der Waals surface area contributed by atoms with Crippen LogP contribution < -0.4 is 0 Å². The molecule has 162 valence electrons. The third-order valence-corrected chi connectivity index (χ3v) is 6.44. The number of aromatic nitrogens is 2. The van der Waals surface area contributed by atoms with Crippen LogP contribution in [0.25, 0.3) is 33.4 Å². The van der Waals surface area contributed by atoms with Crippen LogP contribution in [0.15, 0.2) is 73.3 Å². The SMILES string of the molecule is Cc1c(-c2cncc(-c3cc(-c4ccncc4)c(C)c(C(C)C)c3)c2)cccc1C(C)C. The van der Waals surface area contributed by atoms with Gasteiger partial charge in [0.1, 0.15) is 0 Å². The Morgan fingerprint density at radius 3 is 1.91 bits per heavy atom. The maximum absolute atomic E-state index is 4.64. The largest absolute Gasteiger partial charge is 0.265 e. The summed E-state index contributed by atoms with van der Waals surface area (Å²) in [6.07, 6.45) is 7.69. The third-order valence-electron chi connectivity index (χ3n) is 6.44. The van der Waals surface area contributed by atoms with Gasteiger partial charge in [0.2, 0.25) is 0 Å². The minimum Gasteiger partial charge on any atom is -0.265 e. The summed E-state index contributed by atoms with van der Waals surface area (Å²) in [7, 11) is 0. The molecular formula is C30H32N2. The van der Waals surface area contributed by atoms with Crippen molar-refractivity contribution in [2.24, 2.45) is 0 Å². The second kappa shape index (κ2) is 9.08. The van der Waals surface area contributed by atoms with E-state index in [4.69, 9.17) is 0 Å². The van der Waals surface area contributed by atoms with E-state index in [2.05, 4.69) is 100 Å². The van der Waals surface area contributed by atoms with Gasteiger partial charge in [0.25, 0.3) is 0 Å². The Bertz CT molecular complexity index is 1240. The van der Waals surface area contributed by atoms with Crippen molar-refractivity contribution >= 4 is 0 Å². The van der Waals surface area contributed by atoms with Gasteiger partial charge in [-0.05, 0) is 94.5 Å². The lowest BCUT2D eigenvalue weighted by Crippen LogP contribution is -1.98. The van der Waals surface area contributed by atoms with E-state index in [9.17, 15) is 0 Å². The predicted octanol–water partition coefficient (Wildman–Crippen LogP) is 8.34. The number of benzene rings is 2. The molecule has 0 spiro atoms. The van der Waals surface area contributed by atoms with Gasteiger partial charge in [0, 0.05) is 35.9 Å². The fourth-order valence-corrected chi connectivity index (χ4v) is 4.67. The monoisotopic (exact) mass is 420 g/mol. The van der Waals surface area contributed by atoms with Gasteiger partial charge in [-0.1, -0.05) is 52.0 Å². The van der Waals surface area contributed by atoms with Crippen LogP contribution >= 0.6 is 0 Å². The molecule has 2 aromatic heterocycles. The molecule has 0 atom stereocenters. The van der Waals surface area contributed by atoms with Crippen molar-refractivity contribution in [3.8, 4) is 33.4 Å². The molecule has 0 aliphatic rings. The fraction of sp³-hybridized carbons (Fsp3) is 0.267. The van der Waals surface area contributed by atoms with Crippen molar-refractivity contribution in [2.45, 2.75) is 53.4 Å². The molecule has 0 aliphatic heterocycles. The number of hydrogen-bond acceptors (Lipinski definition) is 2. The summed E-state index contributed by atoms with van der Waals surface area (Å²) in [6.45, 7) is 13.5. The average Bonchev–Trinajstić information content (AvgIpc) is 2.79. The van der Waals surface area contributed by atoms with E-state index in [0.717, 1.165) is 5.56 Å². The minimum atomic E-state index is 0.441. The highest BCUT2D eigenvalue weighted by molar-refractivity contribution is 5.79. The molecule has 0 saturated carbocycles. The van der Waals surface area contributed by atoms with E-state index in [1.54, 1.807) is 0 Å². The Morgan fingerprint density at radius 1 is 0.562 bits per heavy atom. The van der Waals surface area contributed by atoms with E-state index >= 15 is 0 Å². The lowest BCUT2D eigenvalue weighted by atomic mass is 9.87. The lowest BCUT2D eigenvalue weighted by Gasteiger charge is -2.18. The molecule has 0 bridgehead atoms. The Labute approximate surface area is 192 Å². The maximum Gasteiger partial charge on any atom is 0.0346 e. The summed E-state index contributed by atoms with van der Waals surface area (Å²) in [6, 6.07) is 17.7. The highest BCUT2D eigenvalue weighted by Gasteiger charge is 2.15. The molecule has 4 rings (SSSR count). The molecule has 2 heteroatoms. The van der Waals surface area contributed by atoms with Gasteiger partial charge in [-0.25, -0.2) is 0 Å². The van der Waals surface area contributed by atoms with E-state index in [0.29, 0.717) is 11.8 Å². The Morgan fingerprint density at radius 2 is 1.22 bits per heavy atom. The second-order valence-corrected chi connectivity index (χ2v) is 9.27. The van der Waals surface area contributed by atoms with Gasteiger partial charge in [-0.15, -0.1) is 0 Å². The van der Waals surface area contributed by atoms with Gasteiger partial charge in [-0.3, -0.25) is 9.97 Å². The van der Waals surface area contributed by atoms with Gasteiger partial charge in [-0.2, -0.15) is 0 Å². The normalized spacial score (nSPS) is 11.4. The molecule has 0 unspecified atom stereocenters. The molecule has 2 nitrogen and oxygen atoms in total.